The maximum Gasteiger partial charge on any atom is 0.143 e. The molecule has 1 aliphatic rings. The molecule has 1 fully saturated rings. The van der Waals surface area contributed by atoms with Crippen LogP contribution in [0, 0.1) is 0 Å². The van der Waals surface area contributed by atoms with Crippen LogP contribution in [0.4, 0.5) is 0 Å². The van der Waals surface area contributed by atoms with Crippen molar-refractivity contribution in [3.8, 4) is 5.75 Å². The number of hydrogen-bond acceptors (Lipinski definition) is 3. The zero-order valence-corrected chi connectivity index (χ0v) is 9.06. The van der Waals surface area contributed by atoms with Crippen molar-refractivity contribution in [3.05, 3.63) is 24.5 Å². The molecule has 2 heterocycles. The van der Waals surface area contributed by atoms with E-state index in [1.54, 1.807) is 6.07 Å². The summed E-state index contributed by atoms with van der Waals surface area (Å²) in [5.74, 6) is 0.264. The van der Waals surface area contributed by atoms with Crippen LogP contribution in [0.2, 0.25) is 0 Å². The van der Waals surface area contributed by atoms with Crippen molar-refractivity contribution in [2.24, 2.45) is 0 Å². The molecule has 0 saturated carbocycles. The molecule has 1 aromatic carbocycles. The minimum absolute atomic E-state index is 0.264. The highest BCUT2D eigenvalue weighted by Gasteiger charge is 2.17. The van der Waals surface area contributed by atoms with Crippen molar-refractivity contribution in [1.29, 1.82) is 0 Å². The number of rotatable bonds is 1. The zero-order valence-electron chi connectivity index (χ0n) is 9.06. The Labute approximate surface area is 93.9 Å². The fourth-order valence-corrected chi connectivity index (χ4v) is 2.40. The summed E-state index contributed by atoms with van der Waals surface area (Å²) < 4.78 is 2.17. The molecule has 0 bridgehead atoms. The number of imidazole rings is 1. The van der Waals surface area contributed by atoms with E-state index in [0.717, 1.165) is 18.6 Å². The molecule has 2 aromatic rings. The minimum Gasteiger partial charge on any atom is -0.506 e. The minimum atomic E-state index is 0.264. The first-order valence-corrected chi connectivity index (χ1v) is 5.71. The molecule has 1 aliphatic heterocycles. The van der Waals surface area contributed by atoms with Gasteiger partial charge >= 0.3 is 0 Å². The summed E-state index contributed by atoms with van der Waals surface area (Å²) in [4.78, 5) is 4.28. The summed E-state index contributed by atoms with van der Waals surface area (Å²) in [6.07, 6.45) is 4.21. The fraction of sp³-hybridized carbons (Fsp3) is 0.417. The van der Waals surface area contributed by atoms with Crippen molar-refractivity contribution in [2.45, 2.75) is 18.9 Å². The molecular formula is C12H15N3O. The highest BCUT2D eigenvalue weighted by molar-refractivity contribution is 5.81. The lowest BCUT2D eigenvalue weighted by Gasteiger charge is -2.24. The van der Waals surface area contributed by atoms with Gasteiger partial charge in [-0.2, -0.15) is 0 Å². The van der Waals surface area contributed by atoms with E-state index in [9.17, 15) is 5.11 Å². The Morgan fingerprint density at radius 1 is 1.44 bits per heavy atom. The van der Waals surface area contributed by atoms with Crippen molar-refractivity contribution in [1.82, 2.24) is 14.9 Å². The van der Waals surface area contributed by atoms with Gasteiger partial charge in [-0.25, -0.2) is 4.98 Å². The summed E-state index contributed by atoms with van der Waals surface area (Å²) >= 11 is 0. The molecule has 16 heavy (non-hydrogen) atoms. The summed E-state index contributed by atoms with van der Waals surface area (Å²) in [5, 5.41) is 13.1. The Morgan fingerprint density at radius 2 is 2.38 bits per heavy atom. The molecule has 0 aliphatic carbocycles. The van der Waals surface area contributed by atoms with Gasteiger partial charge in [0.1, 0.15) is 11.3 Å². The third-order valence-corrected chi connectivity index (χ3v) is 3.25. The number of phenolic OH excluding ortho intramolecular Hbond substituents is 1. The number of hydrogen-bond donors (Lipinski definition) is 2. The van der Waals surface area contributed by atoms with Gasteiger partial charge in [-0.1, -0.05) is 6.07 Å². The molecule has 3 rings (SSSR count). The molecular weight excluding hydrogens is 202 g/mol. The number of piperidine rings is 1. The number of benzene rings is 1. The molecule has 1 saturated heterocycles. The topological polar surface area (TPSA) is 50.1 Å². The highest BCUT2D eigenvalue weighted by atomic mass is 16.3. The molecule has 1 unspecified atom stereocenters. The number of para-hydroxylation sites is 1. The fourth-order valence-electron chi connectivity index (χ4n) is 2.40. The normalized spacial score (nSPS) is 21.4. The predicted molar refractivity (Wildman–Crippen MR) is 62.5 cm³/mol. The molecule has 84 valence electrons. The Kier molecular flexibility index (Phi) is 2.29. The van der Waals surface area contributed by atoms with E-state index in [0.29, 0.717) is 11.6 Å². The Hall–Kier alpha value is -1.55. The summed E-state index contributed by atoms with van der Waals surface area (Å²) in [6.45, 7) is 2.09. The number of fused-ring (bicyclic) bond motifs is 1. The number of nitrogens with zero attached hydrogens (tertiary/aromatic N) is 2. The van der Waals surface area contributed by atoms with Crippen LogP contribution in [0.15, 0.2) is 24.5 Å². The van der Waals surface area contributed by atoms with E-state index >= 15 is 0 Å². The van der Waals surface area contributed by atoms with Crippen molar-refractivity contribution in [3.63, 3.8) is 0 Å². The predicted octanol–water partition coefficient (Wildman–Crippen LogP) is 1.67. The zero-order chi connectivity index (χ0) is 11.0. The van der Waals surface area contributed by atoms with Crippen LogP contribution in [-0.4, -0.2) is 27.7 Å². The van der Waals surface area contributed by atoms with Gasteiger partial charge in [-0.05, 0) is 31.5 Å². The molecule has 1 aromatic heterocycles. The van der Waals surface area contributed by atoms with Gasteiger partial charge < -0.3 is 15.0 Å². The first-order valence-electron chi connectivity index (χ1n) is 5.71. The number of nitrogens with one attached hydrogen (secondary N) is 1. The van der Waals surface area contributed by atoms with Gasteiger partial charge in [-0.3, -0.25) is 0 Å². The van der Waals surface area contributed by atoms with Crippen molar-refractivity contribution < 1.29 is 5.11 Å². The summed E-state index contributed by atoms with van der Waals surface area (Å²) in [7, 11) is 0. The molecule has 4 heteroatoms. The Morgan fingerprint density at radius 3 is 3.19 bits per heavy atom. The maximum absolute atomic E-state index is 9.69. The third-order valence-electron chi connectivity index (χ3n) is 3.25. The van der Waals surface area contributed by atoms with E-state index in [4.69, 9.17) is 0 Å². The van der Waals surface area contributed by atoms with E-state index < -0.39 is 0 Å². The van der Waals surface area contributed by atoms with Crippen LogP contribution >= 0.6 is 0 Å². The summed E-state index contributed by atoms with van der Waals surface area (Å²) in [6, 6.07) is 6.02. The maximum atomic E-state index is 9.69. The standard InChI is InChI=1S/C12H15N3O/c16-11-5-1-4-10-12(11)14-8-15(10)9-3-2-6-13-7-9/h1,4-5,8-9,13,16H,2-3,6-7H2. The largest absolute Gasteiger partial charge is 0.506 e. The van der Waals surface area contributed by atoms with Crippen molar-refractivity contribution >= 4 is 11.0 Å². The first kappa shape index (κ1) is 9.66. The van der Waals surface area contributed by atoms with Crippen molar-refractivity contribution in [2.75, 3.05) is 13.1 Å². The van der Waals surface area contributed by atoms with E-state index in [2.05, 4.69) is 14.9 Å². The van der Waals surface area contributed by atoms with Crippen LogP contribution in [0.25, 0.3) is 11.0 Å². The van der Waals surface area contributed by atoms with Gasteiger partial charge in [0.05, 0.1) is 11.8 Å². The van der Waals surface area contributed by atoms with Crippen LogP contribution in [-0.2, 0) is 0 Å². The SMILES string of the molecule is Oc1cccc2c1ncn2C1CCCNC1. The molecule has 0 spiro atoms. The average molecular weight is 217 g/mol. The van der Waals surface area contributed by atoms with Gasteiger partial charge in [-0.15, -0.1) is 0 Å². The van der Waals surface area contributed by atoms with Gasteiger partial charge in [0, 0.05) is 12.6 Å². The lowest BCUT2D eigenvalue weighted by molar-refractivity contribution is 0.378. The molecule has 1 atom stereocenters. The second-order valence-corrected chi connectivity index (χ2v) is 4.30. The summed E-state index contributed by atoms with van der Waals surface area (Å²) in [5.41, 5.74) is 1.72. The highest BCUT2D eigenvalue weighted by Crippen LogP contribution is 2.27. The average Bonchev–Trinajstić information content (AvgIpc) is 2.75. The lowest BCUT2D eigenvalue weighted by Crippen LogP contribution is -2.31. The smallest absolute Gasteiger partial charge is 0.143 e. The quantitative estimate of drug-likeness (QED) is 0.764. The van der Waals surface area contributed by atoms with Crippen LogP contribution in [0.5, 0.6) is 5.75 Å². The van der Waals surface area contributed by atoms with E-state index in [1.165, 1.54) is 12.8 Å². The second-order valence-electron chi connectivity index (χ2n) is 4.30. The molecule has 0 amide bonds. The van der Waals surface area contributed by atoms with Crippen LogP contribution in [0.3, 0.4) is 0 Å². The van der Waals surface area contributed by atoms with E-state index in [1.807, 2.05) is 18.5 Å². The molecule has 4 nitrogen and oxygen atoms in total. The second kappa shape index (κ2) is 3.79. The number of aromatic nitrogens is 2. The van der Waals surface area contributed by atoms with Gasteiger partial charge in [0.15, 0.2) is 0 Å². The number of aromatic hydroxyl groups is 1. The monoisotopic (exact) mass is 217 g/mol. The number of phenols is 1. The Balaban J connectivity index is 2.06. The van der Waals surface area contributed by atoms with Gasteiger partial charge in [0.25, 0.3) is 0 Å². The molecule has 2 N–H and O–H groups in total. The Bertz CT molecular complexity index is 500. The van der Waals surface area contributed by atoms with Crippen LogP contribution in [0.1, 0.15) is 18.9 Å². The molecule has 0 radical (unpaired) electrons. The third kappa shape index (κ3) is 1.46. The van der Waals surface area contributed by atoms with Gasteiger partial charge in [0.2, 0.25) is 0 Å². The van der Waals surface area contributed by atoms with E-state index in [-0.39, 0.29) is 5.75 Å². The lowest BCUT2D eigenvalue weighted by atomic mass is 10.1. The first-order chi connectivity index (χ1) is 7.86. The van der Waals surface area contributed by atoms with Crippen LogP contribution < -0.4 is 5.32 Å².